The summed E-state index contributed by atoms with van der Waals surface area (Å²) in [7, 11) is 2.06. The van der Waals surface area contributed by atoms with Gasteiger partial charge in [-0.2, -0.15) is 0 Å². The van der Waals surface area contributed by atoms with Crippen LogP contribution in [0.2, 0.25) is 5.02 Å². The van der Waals surface area contributed by atoms with E-state index in [2.05, 4.69) is 28.0 Å². The second-order valence-electron chi connectivity index (χ2n) is 7.24. The van der Waals surface area contributed by atoms with E-state index >= 15 is 0 Å². The summed E-state index contributed by atoms with van der Waals surface area (Å²) in [4.78, 5) is 23.7. The number of aromatic nitrogens is 3. The van der Waals surface area contributed by atoms with E-state index in [1.807, 2.05) is 29.2 Å². The fraction of sp³-hybridized carbons (Fsp3) is 0.381. The van der Waals surface area contributed by atoms with Crippen LogP contribution in [0.1, 0.15) is 31.0 Å². The lowest BCUT2D eigenvalue weighted by molar-refractivity contribution is -0.132. The average molecular weight is 398 g/mol. The fourth-order valence-corrected chi connectivity index (χ4v) is 3.99. The lowest BCUT2D eigenvalue weighted by Gasteiger charge is -2.32. The molecule has 1 aromatic carbocycles. The monoisotopic (exact) mass is 397 g/mol. The maximum Gasteiger partial charge on any atom is 0.224 e. The normalized spacial score (nSPS) is 17.1. The summed E-state index contributed by atoms with van der Waals surface area (Å²) < 4.78 is 2.17. The molecule has 0 unspecified atom stereocenters. The van der Waals surface area contributed by atoms with Crippen LogP contribution in [0.3, 0.4) is 0 Å². The van der Waals surface area contributed by atoms with Crippen molar-refractivity contribution in [3.8, 4) is 0 Å². The number of fused-ring (bicyclic) bond motifs is 1. The minimum Gasteiger partial charge on any atom is -0.370 e. The number of likely N-dealkylation sites (tertiary alicyclic amines) is 1. The largest absolute Gasteiger partial charge is 0.370 e. The van der Waals surface area contributed by atoms with E-state index in [0.29, 0.717) is 18.0 Å². The molecule has 3 heterocycles. The van der Waals surface area contributed by atoms with Crippen molar-refractivity contribution in [2.75, 3.05) is 25.0 Å². The summed E-state index contributed by atoms with van der Waals surface area (Å²) in [6, 6.07) is 11.8. The summed E-state index contributed by atoms with van der Waals surface area (Å²) in [5, 5.41) is 3.78. The zero-order valence-electron chi connectivity index (χ0n) is 15.9. The minimum atomic E-state index is 0.171. The van der Waals surface area contributed by atoms with Crippen LogP contribution < -0.4 is 5.32 Å². The molecule has 0 saturated carbocycles. The number of carbonyl (C=O) groups is 1. The summed E-state index contributed by atoms with van der Waals surface area (Å²) in [5.41, 5.74) is 2.16. The molecule has 4 rings (SSSR count). The first-order valence-corrected chi connectivity index (χ1v) is 10.0. The third-order valence-electron chi connectivity index (χ3n) is 5.33. The van der Waals surface area contributed by atoms with Crippen molar-refractivity contribution in [2.45, 2.75) is 25.2 Å². The summed E-state index contributed by atoms with van der Waals surface area (Å²) in [5.74, 6) is 2.25. The zero-order chi connectivity index (χ0) is 19.5. The van der Waals surface area contributed by atoms with E-state index < -0.39 is 0 Å². The molecule has 28 heavy (non-hydrogen) atoms. The fourth-order valence-electron chi connectivity index (χ4n) is 3.88. The lowest BCUT2D eigenvalue weighted by atomic mass is 9.97. The highest BCUT2D eigenvalue weighted by atomic mass is 35.5. The molecule has 1 amide bonds. The number of carbonyl (C=O) groups excluding carboxylic acids is 1. The Labute approximate surface area is 169 Å². The Balaban J connectivity index is 1.36. The predicted octanol–water partition coefficient (Wildman–Crippen LogP) is 3.83. The Kier molecular flexibility index (Phi) is 5.48. The van der Waals surface area contributed by atoms with Gasteiger partial charge in [0.15, 0.2) is 0 Å². The quantitative estimate of drug-likeness (QED) is 0.710. The Morgan fingerprint density at radius 1 is 1.29 bits per heavy atom. The molecule has 1 N–H and O–H groups in total. The molecule has 146 valence electrons. The van der Waals surface area contributed by atoms with E-state index in [9.17, 15) is 4.79 Å². The predicted molar refractivity (Wildman–Crippen MR) is 112 cm³/mol. The van der Waals surface area contributed by atoms with Gasteiger partial charge < -0.3 is 14.8 Å². The Morgan fingerprint density at radius 3 is 2.93 bits per heavy atom. The number of imidazole rings is 1. The maximum atomic E-state index is 12.7. The number of nitrogens with zero attached hydrogens (tertiary/aromatic N) is 4. The van der Waals surface area contributed by atoms with Crippen LogP contribution >= 0.6 is 11.6 Å². The molecule has 1 aliphatic rings. The standard InChI is InChI=1S/C21H24ClN5O/c1-26-18-7-3-2-6-17(18)25-21(26)15-5-4-12-27(14-15)20(28)10-11-23-19-9-8-16(22)13-24-19/h2-3,6-9,13,15H,4-5,10-12,14H2,1H3,(H,23,24)/t15-/m1/s1. The van der Waals surface area contributed by atoms with Gasteiger partial charge in [0, 0.05) is 45.2 Å². The third-order valence-corrected chi connectivity index (χ3v) is 5.56. The second-order valence-corrected chi connectivity index (χ2v) is 7.67. The third kappa shape index (κ3) is 3.97. The first-order valence-electron chi connectivity index (χ1n) is 9.66. The SMILES string of the molecule is Cn1c([C@@H]2CCCN(C(=O)CCNc3ccc(Cl)cn3)C2)nc2ccccc21. The molecule has 6 nitrogen and oxygen atoms in total. The van der Waals surface area contributed by atoms with Crippen molar-refractivity contribution in [1.82, 2.24) is 19.4 Å². The Bertz CT molecular complexity index is 969. The number of halogens is 1. The first kappa shape index (κ1) is 18.7. The number of anilines is 1. The van der Waals surface area contributed by atoms with Crippen molar-refractivity contribution >= 4 is 34.4 Å². The lowest BCUT2D eigenvalue weighted by Crippen LogP contribution is -2.40. The number of amides is 1. The van der Waals surface area contributed by atoms with Gasteiger partial charge in [0.2, 0.25) is 5.91 Å². The number of benzene rings is 1. The van der Waals surface area contributed by atoms with Gasteiger partial charge in [-0.05, 0) is 37.1 Å². The molecule has 1 aliphatic heterocycles. The van der Waals surface area contributed by atoms with E-state index in [0.717, 1.165) is 48.6 Å². The van der Waals surface area contributed by atoms with E-state index in [1.165, 1.54) is 0 Å². The number of aryl methyl sites for hydroxylation is 1. The molecule has 1 fully saturated rings. The van der Waals surface area contributed by atoms with Crippen LogP contribution in [0.25, 0.3) is 11.0 Å². The highest BCUT2D eigenvalue weighted by Crippen LogP contribution is 2.28. The number of para-hydroxylation sites is 2. The molecule has 0 spiro atoms. The highest BCUT2D eigenvalue weighted by molar-refractivity contribution is 6.30. The van der Waals surface area contributed by atoms with Gasteiger partial charge in [-0.25, -0.2) is 9.97 Å². The van der Waals surface area contributed by atoms with Crippen molar-refractivity contribution in [1.29, 1.82) is 0 Å². The van der Waals surface area contributed by atoms with Crippen molar-refractivity contribution in [3.05, 3.63) is 53.4 Å². The molecule has 2 aromatic heterocycles. The van der Waals surface area contributed by atoms with Gasteiger partial charge in [-0.3, -0.25) is 4.79 Å². The summed E-state index contributed by atoms with van der Waals surface area (Å²) >= 11 is 5.84. The van der Waals surface area contributed by atoms with Crippen LogP contribution in [0.4, 0.5) is 5.82 Å². The molecule has 1 atom stereocenters. The molecule has 3 aromatic rings. The van der Waals surface area contributed by atoms with Crippen LogP contribution in [-0.2, 0) is 11.8 Å². The van der Waals surface area contributed by atoms with E-state index in [-0.39, 0.29) is 11.8 Å². The van der Waals surface area contributed by atoms with Gasteiger partial charge in [0.25, 0.3) is 0 Å². The number of piperidine rings is 1. The molecular formula is C21H24ClN5O. The number of hydrogen-bond donors (Lipinski definition) is 1. The van der Waals surface area contributed by atoms with E-state index in [4.69, 9.17) is 16.6 Å². The average Bonchev–Trinajstić information content (AvgIpc) is 3.06. The topological polar surface area (TPSA) is 63.1 Å². The van der Waals surface area contributed by atoms with Gasteiger partial charge in [-0.1, -0.05) is 23.7 Å². The molecule has 0 radical (unpaired) electrons. The van der Waals surface area contributed by atoms with Crippen molar-refractivity contribution in [2.24, 2.45) is 7.05 Å². The number of nitrogens with one attached hydrogen (secondary N) is 1. The summed E-state index contributed by atoms with van der Waals surface area (Å²) in [6.07, 6.45) is 4.11. The number of rotatable bonds is 5. The molecule has 0 aliphatic carbocycles. The van der Waals surface area contributed by atoms with Crippen molar-refractivity contribution < 1.29 is 4.79 Å². The highest BCUT2D eigenvalue weighted by Gasteiger charge is 2.27. The Hall–Kier alpha value is -2.60. The maximum absolute atomic E-state index is 12.7. The minimum absolute atomic E-state index is 0.171. The van der Waals surface area contributed by atoms with Crippen LogP contribution in [0, 0.1) is 0 Å². The Morgan fingerprint density at radius 2 is 2.14 bits per heavy atom. The summed E-state index contributed by atoms with van der Waals surface area (Å²) in [6.45, 7) is 2.11. The van der Waals surface area contributed by atoms with Crippen LogP contribution in [-0.4, -0.2) is 45.0 Å². The molecule has 7 heteroatoms. The molecule has 1 saturated heterocycles. The van der Waals surface area contributed by atoms with Crippen LogP contribution in [0.15, 0.2) is 42.6 Å². The second kappa shape index (κ2) is 8.19. The number of hydrogen-bond acceptors (Lipinski definition) is 4. The molecular weight excluding hydrogens is 374 g/mol. The number of pyridine rings is 1. The smallest absolute Gasteiger partial charge is 0.224 e. The van der Waals surface area contributed by atoms with Gasteiger partial charge in [0.05, 0.1) is 16.1 Å². The first-order chi connectivity index (χ1) is 13.6. The molecule has 0 bridgehead atoms. The van der Waals surface area contributed by atoms with E-state index in [1.54, 1.807) is 12.3 Å². The van der Waals surface area contributed by atoms with Crippen LogP contribution in [0.5, 0.6) is 0 Å². The zero-order valence-corrected chi connectivity index (χ0v) is 16.7. The van der Waals surface area contributed by atoms with Crippen molar-refractivity contribution in [3.63, 3.8) is 0 Å². The van der Waals surface area contributed by atoms with Gasteiger partial charge >= 0.3 is 0 Å². The van der Waals surface area contributed by atoms with Gasteiger partial charge in [0.1, 0.15) is 11.6 Å². The van der Waals surface area contributed by atoms with Gasteiger partial charge in [-0.15, -0.1) is 0 Å².